The lowest BCUT2D eigenvalue weighted by atomic mass is 9.86. The third-order valence-electron chi connectivity index (χ3n) is 2.50. The van der Waals surface area contributed by atoms with E-state index in [0.717, 1.165) is 19.1 Å². The molecule has 0 aromatic heterocycles. The molecule has 0 unspecified atom stereocenters. The molecule has 2 N–H and O–H groups in total. The van der Waals surface area contributed by atoms with Crippen molar-refractivity contribution in [3.05, 3.63) is 0 Å². The summed E-state index contributed by atoms with van der Waals surface area (Å²) < 4.78 is 21.8. The zero-order valence-electron chi connectivity index (χ0n) is 9.19. The highest BCUT2D eigenvalue weighted by Crippen LogP contribution is 2.23. The predicted octanol–water partition coefficient (Wildman–Crippen LogP) is -0.629. The Kier molecular flexibility index (Phi) is 3.40. The SMILES string of the molecule is CCCC1(N)CN(C(=O)CS(C)(=O)=O)C1. The number of carbonyl (C=O) groups excluding carboxylic acids is 1. The molecule has 6 heteroatoms. The van der Waals surface area contributed by atoms with E-state index in [0.29, 0.717) is 13.1 Å². The van der Waals surface area contributed by atoms with Gasteiger partial charge in [-0.25, -0.2) is 8.42 Å². The number of hydrogen-bond acceptors (Lipinski definition) is 4. The van der Waals surface area contributed by atoms with Gasteiger partial charge in [-0.2, -0.15) is 0 Å². The number of hydrogen-bond donors (Lipinski definition) is 1. The molecule has 1 amide bonds. The van der Waals surface area contributed by atoms with Gasteiger partial charge < -0.3 is 10.6 Å². The van der Waals surface area contributed by atoms with Crippen LogP contribution >= 0.6 is 0 Å². The average Bonchev–Trinajstić information content (AvgIpc) is 1.96. The summed E-state index contributed by atoms with van der Waals surface area (Å²) in [6, 6.07) is 0. The van der Waals surface area contributed by atoms with Crippen LogP contribution in [-0.2, 0) is 14.6 Å². The fourth-order valence-electron chi connectivity index (χ4n) is 1.86. The minimum atomic E-state index is -3.23. The molecule has 1 rings (SSSR count). The molecule has 1 fully saturated rings. The summed E-state index contributed by atoms with van der Waals surface area (Å²) in [7, 11) is -3.23. The summed E-state index contributed by atoms with van der Waals surface area (Å²) in [5.74, 6) is -0.746. The summed E-state index contributed by atoms with van der Waals surface area (Å²) >= 11 is 0. The lowest BCUT2D eigenvalue weighted by Crippen LogP contribution is -2.69. The highest BCUT2D eigenvalue weighted by Gasteiger charge is 2.41. The molecule has 0 bridgehead atoms. The van der Waals surface area contributed by atoms with E-state index in [1.807, 2.05) is 6.92 Å². The fourth-order valence-corrected chi connectivity index (χ4v) is 2.49. The molecule has 88 valence electrons. The van der Waals surface area contributed by atoms with Gasteiger partial charge in [0, 0.05) is 19.3 Å². The molecule has 1 aliphatic heterocycles. The van der Waals surface area contributed by atoms with Crippen LogP contribution in [0.4, 0.5) is 0 Å². The Morgan fingerprint density at radius 3 is 2.40 bits per heavy atom. The Balaban J connectivity index is 2.42. The molecular weight excluding hydrogens is 216 g/mol. The monoisotopic (exact) mass is 234 g/mol. The number of nitrogens with two attached hydrogens (primary N) is 1. The summed E-state index contributed by atoms with van der Waals surface area (Å²) in [4.78, 5) is 12.9. The van der Waals surface area contributed by atoms with E-state index in [1.165, 1.54) is 4.90 Å². The number of likely N-dealkylation sites (tertiary alicyclic amines) is 1. The van der Waals surface area contributed by atoms with E-state index in [9.17, 15) is 13.2 Å². The molecule has 15 heavy (non-hydrogen) atoms. The molecule has 1 saturated heterocycles. The van der Waals surface area contributed by atoms with Gasteiger partial charge in [-0.15, -0.1) is 0 Å². The third kappa shape index (κ3) is 3.46. The van der Waals surface area contributed by atoms with Crippen molar-refractivity contribution in [3.8, 4) is 0 Å². The highest BCUT2D eigenvalue weighted by atomic mass is 32.2. The van der Waals surface area contributed by atoms with Crippen molar-refractivity contribution in [3.63, 3.8) is 0 Å². The second-order valence-corrected chi connectivity index (χ2v) is 6.57. The van der Waals surface area contributed by atoms with Crippen LogP contribution in [0, 0.1) is 0 Å². The average molecular weight is 234 g/mol. The van der Waals surface area contributed by atoms with Crippen molar-refractivity contribution in [2.75, 3.05) is 25.1 Å². The fraction of sp³-hybridized carbons (Fsp3) is 0.889. The van der Waals surface area contributed by atoms with E-state index in [-0.39, 0.29) is 11.4 Å². The molecular formula is C9H18N2O3S. The van der Waals surface area contributed by atoms with E-state index in [4.69, 9.17) is 5.73 Å². The number of amides is 1. The molecule has 0 aromatic carbocycles. The van der Waals surface area contributed by atoms with Crippen LogP contribution in [0.5, 0.6) is 0 Å². The molecule has 0 radical (unpaired) electrons. The minimum Gasteiger partial charge on any atom is -0.338 e. The van der Waals surface area contributed by atoms with E-state index >= 15 is 0 Å². The number of carbonyl (C=O) groups is 1. The van der Waals surface area contributed by atoms with Gasteiger partial charge in [0.1, 0.15) is 5.75 Å². The Labute approximate surface area is 90.5 Å². The lowest BCUT2D eigenvalue weighted by Gasteiger charge is -2.47. The second kappa shape index (κ2) is 4.09. The molecule has 1 aliphatic rings. The standard InChI is InChI=1S/C9H18N2O3S/c1-3-4-9(10)6-11(7-9)8(12)5-15(2,13)14/h3-7,10H2,1-2H3. The predicted molar refractivity (Wildman–Crippen MR) is 58.1 cm³/mol. The maximum Gasteiger partial charge on any atom is 0.237 e. The van der Waals surface area contributed by atoms with Crippen LogP contribution in [0.1, 0.15) is 19.8 Å². The van der Waals surface area contributed by atoms with Crippen molar-refractivity contribution >= 4 is 15.7 Å². The van der Waals surface area contributed by atoms with E-state index < -0.39 is 15.6 Å². The van der Waals surface area contributed by atoms with Gasteiger partial charge in [0.25, 0.3) is 0 Å². The van der Waals surface area contributed by atoms with Crippen LogP contribution < -0.4 is 5.73 Å². The van der Waals surface area contributed by atoms with Crippen molar-refractivity contribution < 1.29 is 13.2 Å². The van der Waals surface area contributed by atoms with Gasteiger partial charge in [-0.1, -0.05) is 13.3 Å². The van der Waals surface area contributed by atoms with Crippen LogP contribution in [-0.4, -0.2) is 49.9 Å². The zero-order chi connectivity index (χ0) is 11.7. The summed E-state index contributed by atoms with van der Waals surface area (Å²) in [6.07, 6.45) is 2.91. The molecule has 5 nitrogen and oxygen atoms in total. The van der Waals surface area contributed by atoms with Crippen molar-refractivity contribution in [2.24, 2.45) is 5.73 Å². The maximum absolute atomic E-state index is 11.4. The van der Waals surface area contributed by atoms with Crippen LogP contribution in [0.3, 0.4) is 0 Å². The smallest absolute Gasteiger partial charge is 0.237 e. The summed E-state index contributed by atoms with van der Waals surface area (Å²) in [5, 5.41) is 0. The quantitative estimate of drug-likeness (QED) is 0.702. The van der Waals surface area contributed by atoms with Gasteiger partial charge in [0.15, 0.2) is 9.84 Å². The van der Waals surface area contributed by atoms with Crippen LogP contribution in [0.2, 0.25) is 0 Å². The van der Waals surface area contributed by atoms with Gasteiger partial charge in [-0.3, -0.25) is 4.79 Å². The molecule has 0 aromatic rings. The molecule has 0 aliphatic carbocycles. The highest BCUT2D eigenvalue weighted by molar-refractivity contribution is 7.91. The van der Waals surface area contributed by atoms with Crippen LogP contribution in [0.15, 0.2) is 0 Å². The van der Waals surface area contributed by atoms with Crippen molar-refractivity contribution in [1.29, 1.82) is 0 Å². The number of nitrogens with zero attached hydrogens (tertiary/aromatic N) is 1. The third-order valence-corrected chi connectivity index (χ3v) is 3.27. The molecule has 0 spiro atoms. The first-order valence-corrected chi connectivity index (χ1v) is 7.06. The topological polar surface area (TPSA) is 80.5 Å². The molecule has 1 heterocycles. The Bertz CT molecular complexity index is 344. The van der Waals surface area contributed by atoms with Crippen molar-refractivity contribution in [2.45, 2.75) is 25.3 Å². The Hall–Kier alpha value is -0.620. The first kappa shape index (κ1) is 12.4. The minimum absolute atomic E-state index is 0.290. The van der Waals surface area contributed by atoms with Gasteiger partial charge in [0.05, 0.1) is 5.54 Å². The molecule has 0 saturated carbocycles. The van der Waals surface area contributed by atoms with E-state index in [2.05, 4.69) is 0 Å². The zero-order valence-corrected chi connectivity index (χ0v) is 10.0. The van der Waals surface area contributed by atoms with Crippen molar-refractivity contribution in [1.82, 2.24) is 4.90 Å². The number of rotatable bonds is 4. The maximum atomic E-state index is 11.4. The van der Waals surface area contributed by atoms with Crippen LogP contribution in [0.25, 0.3) is 0 Å². The van der Waals surface area contributed by atoms with Gasteiger partial charge >= 0.3 is 0 Å². The largest absolute Gasteiger partial charge is 0.338 e. The van der Waals surface area contributed by atoms with E-state index in [1.54, 1.807) is 0 Å². The Morgan fingerprint density at radius 1 is 1.47 bits per heavy atom. The first-order chi connectivity index (χ1) is 6.76. The summed E-state index contributed by atoms with van der Waals surface area (Å²) in [6.45, 7) is 3.00. The second-order valence-electron chi connectivity index (χ2n) is 4.43. The lowest BCUT2D eigenvalue weighted by molar-refractivity contribution is -0.135. The van der Waals surface area contributed by atoms with Gasteiger partial charge in [-0.05, 0) is 6.42 Å². The first-order valence-electron chi connectivity index (χ1n) is 5.00. The number of sulfone groups is 1. The summed E-state index contributed by atoms with van der Waals surface area (Å²) in [5.41, 5.74) is 5.67. The van der Waals surface area contributed by atoms with Gasteiger partial charge in [0.2, 0.25) is 5.91 Å². The Morgan fingerprint density at radius 2 is 2.00 bits per heavy atom. The molecule has 0 atom stereocenters. The normalized spacial score (nSPS) is 19.8.